The number of amides is 2. The van der Waals surface area contributed by atoms with Crippen molar-refractivity contribution >= 4 is 17.8 Å². The molecule has 1 aromatic rings. The number of allylic oxidation sites excluding steroid dienone is 1. The van der Waals surface area contributed by atoms with Crippen molar-refractivity contribution in [3.63, 3.8) is 0 Å². The fourth-order valence-corrected chi connectivity index (χ4v) is 2.97. The van der Waals surface area contributed by atoms with E-state index in [4.69, 9.17) is 4.74 Å². The Morgan fingerprint density at radius 3 is 2.82 bits per heavy atom. The zero-order chi connectivity index (χ0) is 15.9. The van der Waals surface area contributed by atoms with E-state index < -0.39 is 12.0 Å². The molecule has 6 nitrogen and oxygen atoms in total. The molecule has 0 saturated heterocycles. The molecule has 2 amide bonds. The van der Waals surface area contributed by atoms with Crippen molar-refractivity contribution in [3.05, 3.63) is 46.7 Å². The van der Waals surface area contributed by atoms with E-state index in [9.17, 15) is 14.4 Å². The van der Waals surface area contributed by atoms with Gasteiger partial charge in [0.1, 0.15) is 0 Å². The van der Waals surface area contributed by atoms with Crippen LogP contribution in [0.4, 0.5) is 4.79 Å². The van der Waals surface area contributed by atoms with Crippen LogP contribution in [0.5, 0.6) is 0 Å². The number of hydrogen-bond donors (Lipinski definition) is 1. The number of carbonyl (C=O) groups excluding carboxylic acids is 3. The number of carbonyl (C=O) groups is 3. The molecule has 0 saturated carbocycles. The Hall–Kier alpha value is -2.63. The molecular formula is C16H16N2O4. The maximum atomic E-state index is 12.3. The quantitative estimate of drug-likeness (QED) is 0.845. The molecule has 114 valence electrons. The van der Waals surface area contributed by atoms with Crippen molar-refractivity contribution in [2.24, 2.45) is 0 Å². The average molecular weight is 300 g/mol. The number of Topliss-reactive ketones (excluding diaryl/α,β-unsaturated/α-hetero) is 1. The molecule has 0 spiro atoms. The lowest BCUT2D eigenvalue weighted by Gasteiger charge is -2.40. The van der Waals surface area contributed by atoms with E-state index in [0.717, 1.165) is 0 Å². The summed E-state index contributed by atoms with van der Waals surface area (Å²) in [7, 11) is 0. The summed E-state index contributed by atoms with van der Waals surface area (Å²) in [5.74, 6) is -0.607. The minimum absolute atomic E-state index is 0.0519. The fraction of sp³-hybridized carbons (Fsp3) is 0.312. The van der Waals surface area contributed by atoms with Crippen LogP contribution in [0, 0.1) is 0 Å². The molecule has 0 bridgehead atoms. The Labute approximate surface area is 127 Å². The smallest absolute Gasteiger partial charge is 0.338 e. The summed E-state index contributed by atoms with van der Waals surface area (Å²) in [6.07, 6.45) is 0. The van der Waals surface area contributed by atoms with Crippen molar-refractivity contribution in [2.45, 2.75) is 19.9 Å². The number of ether oxygens (including phenoxy) is 1. The highest BCUT2D eigenvalue weighted by atomic mass is 16.5. The van der Waals surface area contributed by atoms with Crippen molar-refractivity contribution in [2.75, 3.05) is 13.2 Å². The second kappa shape index (κ2) is 5.29. The lowest BCUT2D eigenvalue weighted by molar-refractivity contribution is -0.139. The third-order valence-electron chi connectivity index (χ3n) is 3.91. The minimum atomic E-state index is -0.582. The van der Waals surface area contributed by atoms with Crippen molar-refractivity contribution in [3.8, 4) is 0 Å². The van der Waals surface area contributed by atoms with Gasteiger partial charge in [-0.3, -0.25) is 4.79 Å². The molecule has 1 N–H and O–H groups in total. The predicted octanol–water partition coefficient (Wildman–Crippen LogP) is 1.79. The fourth-order valence-electron chi connectivity index (χ4n) is 2.97. The van der Waals surface area contributed by atoms with Gasteiger partial charge in [0.25, 0.3) is 0 Å². The lowest BCUT2D eigenvalue weighted by atomic mass is 9.85. The van der Waals surface area contributed by atoms with E-state index in [1.54, 1.807) is 38.1 Å². The molecule has 1 unspecified atom stereocenters. The zero-order valence-corrected chi connectivity index (χ0v) is 12.4. The molecule has 0 aliphatic carbocycles. The number of ketones is 1. The van der Waals surface area contributed by atoms with Gasteiger partial charge in [0.2, 0.25) is 0 Å². The van der Waals surface area contributed by atoms with E-state index >= 15 is 0 Å². The van der Waals surface area contributed by atoms with Gasteiger partial charge in [0.05, 0.1) is 24.8 Å². The third-order valence-corrected chi connectivity index (χ3v) is 3.91. The molecule has 3 rings (SSSR count). The first-order chi connectivity index (χ1) is 10.5. The maximum absolute atomic E-state index is 12.3. The van der Waals surface area contributed by atoms with Crippen LogP contribution in [0.25, 0.3) is 0 Å². The van der Waals surface area contributed by atoms with E-state index in [2.05, 4.69) is 5.32 Å². The highest BCUT2D eigenvalue weighted by Crippen LogP contribution is 2.38. The molecule has 0 fully saturated rings. The molecule has 0 radical (unpaired) electrons. The largest absolute Gasteiger partial charge is 0.463 e. The number of fused-ring (bicyclic) bond motifs is 3. The SMILES string of the molecule is CCOC(=O)C1=C(C)NC(=O)N2CC(=O)c3ccccc3C12. The highest BCUT2D eigenvalue weighted by Gasteiger charge is 2.43. The first kappa shape index (κ1) is 14.3. The minimum Gasteiger partial charge on any atom is -0.463 e. The number of nitrogens with zero attached hydrogens (tertiary/aromatic N) is 1. The normalized spacial score (nSPS) is 20.3. The van der Waals surface area contributed by atoms with Gasteiger partial charge in [0.15, 0.2) is 5.78 Å². The number of nitrogens with one attached hydrogen (secondary N) is 1. The van der Waals surface area contributed by atoms with Gasteiger partial charge >= 0.3 is 12.0 Å². The van der Waals surface area contributed by atoms with E-state index in [1.165, 1.54) is 4.90 Å². The molecule has 6 heteroatoms. The number of esters is 1. The highest BCUT2D eigenvalue weighted by molar-refractivity contribution is 6.05. The standard InChI is InChI=1S/C16H16N2O4/c1-3-22-15(20)13-9(2)17-16(21)18-8-12(19)10-6-4-5-7-11(10)14(13)18/h4-7,14H,3,8H2,1-2H3,(H,17,21). The monoisotopic (exact) mass is 300 g/mol. The third kappa shape index (κ3) is 2.07. The summed E-state index contributed by atoms with van der Waals surface area (Å²) >= 11 is 0. The molecule has 1 aromatic carbocycles. The summed E-state index contributed by atoms with van der Waals surface area (Å²) in [4.78, 5) is 38.1. The van der Waals surface area contributed by atoms with E-state index in [0.29, 0.717) is 22.4 Å². The summed E-state index contributed by atoms with van der Waals surface area (Å²) in [6.45, 7) is 3.59. The average Bonchev–Trinajstić information content (AvgIpc) is 2.49. The topological polar surface area (TPSA) is 75.7 Å². The number of hydrogen-bond acceptors (Lipinski definition) is 4. The Bertz CT molecular complexity index is 708. The molecular weight excluding hydrogens is 284 g/mol. The van der Waals surface area contributed by atoms with Gasteiger partial charge in [0, 0.05) is 11.3 Å². The number of urea groups is 1. The molecule has 22 heavy (non-hydrogen) atoms. The second-order valence-electron chi connectivity index (χ2n) is 5.23. The van der Waals surface area contributed by atoms with Gasteiger partial charge in [-0.1, -0.05) is 24.3 Å². The zero-order valence-electron chi connectivity index (χ0n) is 12.4. The Kier molecular flexibility index (Phi) is 3.44. The Morgan fingerprint density at radius 2 is 2.09 bits per heavy atom. The summed E-state index contributed by atoms with van der Waals surface area (Å²) in [5, 5.41) is 2.63. The van der Waals surface area contributed by atoms with Gasteiger partial charge in [-0.2, -0.15) is 0 Å². The molecule has 2 aliphatic rings. The van der Waals surface area contributed by atoms with Crippen LogP contribution in [0.1, 0.15) is 35.8 Å². The molecule has 0 aromatic heterocycles. The van der Waals surface area contributed by atoms with Crippen LogP contribution in [0.15, 0.2) is 35.5 Å². The Balaban J connectivity index is 2.18. The second-order valence-corrected chi connectivity index (χ2v) is 5.23. The van der Waals surface area contributed by atoms with Crippen LogP contribution in [0.2, 0.25) is 0 Å². The number of benzene rings is 1. The van der Waals surface area contributed by atoms with Crippen LogP contribution in [0.3, 0.4) is 0 Å². The Morgan fingerprint density at radius 1 is 1.36 bits per heavy atom. The first-order valence-electron chi connectivity index (χ1n) is 7.12. The van der Waals surface area contributed by atoms with Gasteiger partial charge in [-0.15, -0.1) is 0 Å². The van der Waals surface area contributed by atoms with Crippen LogP contribution in [-0.4, -0.2) is 35.8 Å². The van der Waals surface area contributed by atoms with Gasteiger partial charge in [-0.25, -0.2) is 9.59 Å². The predicted molar refractivity (Wildman–Crippen MR) is 78.1 cm³/mol. The molecule has 1 atom stereocenters. The van der Waals surface area contributed by atoms with Gasteiger partial charge in [-0.05, 0) is 19.4 Å². The van der Waals surface area contributed by atoms with Crippen LogP contribution in [-0.2, 0) is 9.53 Å². The van der Waals surface area contributed by atoms with Crippen molar-refractivity contribution in [1.82, 2.24) is 10.2 Å². The van der Waals surface area contributed by atoms with Gasteiger partial charge < -0.3 is 15.0 Å². The van der Waals surface area contributed by atoms with Crippen LogP contribution < -0.4 is 5.32 Å². The lowest BCUT2D eigenvalue weighted by Crippen LogP contribution is -2.52. The first-order valence-corrected chi connectivity index (χ1v) is 7.12. The summed E-state index contributed by atoms with van der Waals surface area (Å²) in [6, 6.07) is 6.10. The summed E-state index contributed by atoms with van der Waals surface area (Å²) in [5.41, 5.74) is 2.05. The van der Waals surface area contributed by atoms with Crippen molar-refractivity contribution < 1.29 is 19.1 Å². The summed E-state index contributed by atoms with van der Waals surface area (Å²) < 4.78 is 5.12. The molecule has 2 heterocycles. The van der Waals surface area contributed by atoms with Crippen LogP contribution >= 0.6 is 0 Å². The van der Waals surface area contributed by atoms with E-state index in [-0.39, 0.29) is 25.0 Å². The van der Waals surface area contributed by atoms with E-state index in [1.807, 2.05) is 0 Å². The number of rotatable bonds is 2. The van der Waals surface area contributed by atoms with Crippen molar-refractivity contribution in [1.29, 1.82) is 0 Å². The molecule has 2 aliphatic heterocycles. The maximum Gasteiger partial charge on any atom is 0.338 e.